The molecule has 0 saturated carbocycles. The van der Waals surface area contributed by atoms with Gasteiger partial charge in [-0.2, -0.15) is 0 Å². The monoisotopic (exact) mass is 596 g/mol. The number of ketones is 1. The molecule has 8 heteroatoms. The van der Waals surface area contributed by atoms with Crippen LogP contribution in [0.25, 0.3) is 0 Å². The Morgan fingerprint density at radius 3 is 1.88 bits per heavy atom. The lowest BCUT2D eigenvalue weighted by atomic mass is 10.0. The van der Waals surface area contributed by atoms with Crippen molar-refractivity contribution in [3.63, 3.8) is 0 Å². The quantitative estimate of drug-likeness (QED) is 0.292. The summed E-state index contributed by atoms with van der Waals surface area (Å²) in [5, 5.41) is 9.66. The molecule has 1 N–H and O–H groups in total. The Kier molecular flexibility index (Phi) is 12.4. The highest BCUT2D eigenvalue weighted by Crippen LogP contribution is 2.39. The number of carbonyl (C=O) groups excluding carboxylic acids is 1. The lowest BCUT2D eigenvalue weighted by Gasteiger charge is -2.38. The molecule has 0 fully saturated rings. The van der Waals surface area contributed by atoms with E-state index < -0.39 is 14.4 Å². The average Bonchev–Trinajstić information content (AvgIpc) is 2.97. The van der Waals surface area contributed by atoms with Gasteiger partial charge in [-0.15, -0.1) is 0 Å². The molecule has 0 aliphatic heterocycles. The number of allylic oxidation sites excluding steroid dienone is 1. The standard InChI is InChI=1S/C20H32O3Si.C14H16O4/c1-20(2,3)24(5,6)23-19-13-11-18(12-14-19)22-15-16-7-9-17(21-4)10-8-16;1-17-11-4-2-10(3-5-11)9-18-12-6-7-13(15)14(16)8-12/h7-10,13,18H,11-12,14-15H2,1-6H3;2-7,12,14,16H,8-9H2,1H3/t18-;12-,14+/m01/s1. The van der Waals surface area contributed by atoms with Gasteiger partial charge >= 0.3 is 0 Å². The van der Waals surface area contributed by atoms with Crippen molar-refractivity contribution in [1.29, 1.82) is 0 Å². The summed E-state index contributed by atoms with van der Waals surface area (Å²) < 4.78 is 28.3. The van der Waals surface area contributed by atoms with E-state index in [9.17, 15) is 9.90 Å². The van der Waals surface area contributed by atoms with Crippen molar-refractivity contribution in [1.82, 2.24) is 0 Å². The van der Waals surface area contributed by atoms with E-state index in [1.807, 2.05) is 36.4 Å². The van der Waals surface area contributed by atoms with Crippen LogP contribution in [0.1, 0.15) is 57.6 Å². The maximum absolute atomic E-state index is 11.1. The van der Waals surface area contributed by atoms with Crippen LogP contribution in [0.4, 0.5) is 0 Å². The van der Waals surface area contributed by atoms with Crippen LogP contribution in [0.2, 0.25) is 18.1 Å². The van der Waals surface area contributed by atoms with Gasteiger partial charge in [0.15, 0.2) is 5.78 Å². The zero-order valence-corrected chi connectivity index (χ0v) is 27.2. The average molecular weight is 597 g/mol. The van der Waals surface area contributed by atoms with Crippen LogP contribution in [0, 0.1) is 0 Å². The van der Waals surface area contributed by atoms with Crippen molar-refractivity contribution in [2.75, 3.05) is 14.2 Å². The summed E-state index contributed by atoms with van der Waals surface area (Å²) in [7, 11) is 1.59. The van der Waals surface area contributed by atoms with Gasteiger partial charge in [0.25, 0.3) is 0 Å². The van der Waals surface area contributed by atoms with Gasteiger partial charge in [0.2, 0.25) is 8.32 Å². The van der Waals surface area contributed by atoms with Crippen LogP contribution in [-0.2, 0) is 31.9 Å². The molecule has 7 nitrogen and oxygen atoms in total. The first-order chi connectivity index (χ1) is 19.9. The number of benzene rings is 2. The molecule has 0 unspecified atom stereocenters. The molecule has 4 rings (SSSR count). The van der Waals surface area contributed by atoms with Crippen LogP contribution in [0.3, 0.4) is 0 Å². The summed E-state index contributed by atoms with van der Waals surface area (Å²) in [5.41, 5.74) is 2.21. The predicted octanol–water partition coefficient (Wildman–Crippen LogP) is 7.14. The van der Waals surface area contributed by atoms with Crippen LogP contribution < -0.4 is 9.47 Å². The fourth-order valence-electron chi connectivity index (χ4n) is 4.22. The van der Waals surface area contributed by atoms with Gasteiger partial charge in [-0.25, -0.2) is 0 Å². The van der Waals surface area contributed by atoms with E-state index in [0.29, 0.717) is 25.7 Å². The Labute approximate surface area is 252 Å². The number of aliphatic hydroxyl groups excluding tert-OH is 1. The number of methoxy groups -OCH3 is 2. The molecule has 3 atom stereocenters. The molecule has 0 radical (unpaired) electrons. The Morgan fingerprint density at radius 2 is 1.43 bits per heavy atom. The zero-order chi connectivity index (χ0) is 30.8. The smallest absolute Gasteiger partial charge is 0.250 e. The van der Waals surface area contributed by atoms with Gasteiger partial charge in [-0.05, 0) is 78.5 Å². The molecule has 0 heterocycles. The summed E-state index contributed by atoms with van der Waals surface area (Å²) >= 11 is 0. The molecule has 0 saturated heterocycles. The molecule has 0 bridgehead atoms. The van der Waals surface area contributed by atoms with Crippen molar-refractivity contribution < 1.29 is 33.3 Å². The van der Waals surface area contributed by atoms with E-state index in [1.165, 1.54) is 17.4 Å². The summed E-state index contributed by atoms with van der Waals surface area (Å²) in [5.74, 6) is 2.61. The minimum atomic E-state index is -1.72. The van der Waals surface area contributed by atoms with Crippen molar-refractivity contribution >= 4 is 14.1 Å². The summed E-state index contributed by atoms with van der Waals surface area (Å²) in [6.07, 6.45) is 7.75. The fourth-order valence-corrected chi connectivity index (χ4v) is 5.37. The molecule has 2 aromatic rings. The summed E-state index contributed by atoms with van der Waals surface area (Å²) in [6.45, 7) is 12.6. The Balaban J connectivity index is 0.000000240. The second kappa shape index (κ2) is 15.5. The Bertz CT molecular complexity index is 1180. The number of ether oxygens (including phenoxy) is 4. The van der Waals surface area contributed by atoms with Crippen molar-refractivity contribution in [2.24, 2.45) is 0 Å². The number of aliphatic hydroxyl groups is 1. The number of rotatable bonds is 10. The molecule has 0 amide bonds. The maximum Gasteiger partial charge on any atom is 0.250 e. The zero-order valence-electron chi connectivity index (χ0n) is 26.2. The largest absolute Gasteiger partial charge is 0.547 e. The molecule has 2 aliphatic rings. The van der Waals surface area contributed by atoms with E-state index in [2.05, 4.69) is 52.1 Å². The van der Waals surface area contributed by atoms with Crippen LogP contribution >= 0.6 is 0 Å². The molecule has 42 heavy (non-hydrogen) atoms. The highest BCUT2D eigenvalue weighted by atomic mass is 28.4. The van der Waals surface area contributed by atoms with Crippen molar-refractivity contribution in [2.45, 2.75) is 96.1 Å². The van der Waals surface area contributed by atoms with Crippen molar-refractivity contribution in [3.8, 4) is 11.5 Å². The maximum atomic E-state index is 11.1. The molecular weight excluding hydrogens is 548 g/mol. The lowest BCUT2D eigenvalue weighted by molar-refractivity contribution is -0.125. The van der Waals surface area contributed by atoms with Gasteiger partial charge in [0.1, 0.15) is 17.6 Å². The van der Waals surface area contributed by atoms with E-state index >= 15 is 0 Å². The van der Waals surface area contributed by atoms with Gasteiger partial charge in [0, 0.05) is 12.8 Å². The SMILES string of the molecule is COc1ccc(CO[C@@H]2C=CC(=O)[C@@H](O)C2)cc1.COc1ccc(CO[C@H]2CC=C(O[Si](C)(C)C(C)(C)C)CC2)cc1. The molecule has 2 aliphatic carbocycles. The van der Waals surface area contributed by atoms with E-state index in [1.54, 1.807) is 20.3 Å². The second-order valence-electron chi connectivity index (χ2n) is 12.3. The third-order valence-corrected chi connectivity index (χ3v) is 12.4. The summed E-state index contributed by atoms with van der Waals surface area (Å²) in [6, 6.07) is 15.7. The first-order valence-corrected chi connectivity index (χ1v) is 17.6. The fraction of sp³-hybridized carbons (Fsp3) is 0.500. The molecule has 0 spiro atoms. The second-order valence-corrected chi connectivity index (χ2v) is 17.0. The molecular formula is C34H48O7Si. The number of carbonyl (C=O) groups is 1. The van der Waals surface area contributed by atoms with Gasteiger partial charge in [0.05, 0.1) is 45.4 Å². The number of hydrogen-bond donors (Lipinski definition) is 1. The summed E-state index contributed by atoms with van der Waals surface area (Å²) in [4.78, 5) is 11.1. The third-order valence-electron chi connectivity index (χ3n) is 8.04. The predicted molar refractivity (Wildman–Crippen MR) is 168 cm³/mol. The van der Waals surface area contributed by atoms with Gasteiger partial charge < -0.3 is 28.5 Å². The molecule has 0 aromatic heterocycles. The van der Waals surface area contributed by atoms with Crippen molar-refractivity contribution in [3.05, 3.63) is 83.6 Å². The van der Waals surface area contributed by atoms with E-state index in [-0.39, 0.29) is 16.9 Å². The van der Waals surface area contributed by atoms with Crippen LogP contribution in [-0.4, -0.2) is 51.7 Å². The minimum absolute atomic E-state index is 0.209. The highest BCUT2D eigenvalue weighted by Gasteiger charge is 2.39. The lowest BCUT2D eigenvalue weighted by Crippen LogP contribution is -2.40. The first-order valence-electron chi connectivity index (χ1n) is 14.7. The highest BCUT2D eigenvalue weighted by molar-refractivity contribution is 6.74. The van der Waals surface area contributed by atoms with Crippen LogP contribution in [0.15, 0.2) is 72.5 Å². The Morgan fingerprint density at radius 1 is 0.881 bits per heavy atom. The van der Waals surface area contributed by atoms with E-state index in [4.69, 9.17) is 23.4 Å². The Hall–Kier alpha value is -2.91. The first kappa shape index (κ1) is 33.6. The number of hydrogen-bond acceptors (Lipinski definition) is 7. The van der Waals surface area contributed by atoms with Gasteiger partial charge in [-0.3, -0.25) is 4.79 Å². The molecule has 230 valence electrons. The topological polar surface area (TPSA) is 83.5 Å². The van der Waals surface area contributed by atoms with Gasteiger partial charge in [-0.1, -0.05) is 51.1 Å². The molecule has 2 aromatic carbocycles. The minimum Gasteiger partial charge on any atom is -0.547 e. The van der Waals surface area contributed by atoms with E-state index in [0.717, 1.165) is 36.3 Å². The third kappa shape index (κ3) is 10.4. The van der Waals surface area contributed by atoms with Crippen LogP contribution in [0.5, 0.6) is 11.5 Å². The normalized spacial score (nSPS) is 20.7.